The van der Waals surface area contributed by atoms with E-state index in [4.69, 9.17) is 10.1 Å². The van der Waals surface area contributed by atoms with Crippen molar-refractivity contribution in [1.82, 2.24) is 5.06 Å². The first kappa shape index (κ1) is 11.6. The molecule has 0 aromatic heterocycles. The van der Waals surface area contributed by atoms with Gasteiger partial charge in [0.1, 0.15) is 0 Å². The predicted molar refractivity (Wildman–Crippen MR) is 61.8 cm³/mol. The molecule has 2 atom stereocenters. The zero-order valence-corrected chi connectivity index (χ0v) is 9.88. The summed E-state index contributed by atoms with van der Waals surface area (Å²) in [7, 11) is 3.08. The molecule has 1 amide bonds. The maximum absolute atomic E-state index is 11.8. The molecule has 0 spiro atoms. The van der Waals surface area contributed by atoms with Crippen LogP contribution in [0, 0.1) is 17.2 Å². The number of benzene rings is 1. The molecule has 0 heterocycles. The molecule has 4 heteroatoms. The van der Waals surface area contributed by atoms with Gasteiger partial charge in [0, 0.05) is 13.0 Å². The molecule has 4 nitrogen and oxygen atoms in total. The fourth-order valence-corrected chi connectivity index (χ4v) is 2.06. The lowest BCUT2D eigenvalue weighted by Gasteiger charge is -2.13. The van der Waals surface area contributed by atoms with E-state index in [1.165, 1.54) is 12.2 Å². The Morgan fingerprint density at radius 1 is 1.53 bits per heavy atom. The zero-order valence-electron chi connectivity index (χ0n) is 9.88. The molecule has 1 fully saturated rings. The molecular weight excluding hydrogens is 216 g/mol. The standard InChI is InChI=1S/C13H14N2O2/c1-15(17-2)13(16)12-7-11(12)10-6-4-3-5-9(10)8-14/h3-6,11-12H,7H2,1-2H3. The third-order valence-electron chi connectivity index (χ3n) is 3.17. The van der Waals surface area contributed by atoms with Crippen LogP contribution in [0.15, 0.2) is 24.3 Å². The van der Waals surface area contributed by atoms with Gasteiger partial charge in [0.25, 0.3) is 0 Å². The first-order valence-electron chi connectivity index (χ1n) is 5.49. The van der Waals surface area contributed by atoms with Gasteiger partial charge in [-0.15, -0.1) is 0 Å². The van der Waals surface area contributed by atoms with E-state index >= 15 is 0 Å². The average molecular weight is 230 g/mol. The molecule has 1 aliphatic carbocycles. The lowest BCUT2D eigenvalue weighted by atomic mass is 10.0. The molecule has 0 bridgehead atoms. The van der Waals surface area contributed by atoms with Gasteiger partial charge in [0.15, 0.2) is 0 Å². The van der Waals surface area contributed by atoms with Crippen LogP contribution in [0.2, 0.25) is 0 Å². The SMILES string of the molecule is CON(C)C(=O)C1CC1c1ccccc1C#N. The number of rotatable bonds is 3. The van der Waals surface area contributed by atoms with Gasteiger partial charge in [0.05, 0.1) is 18.7 Å². The maximum atomic E-state index is 11.8. The van der Waals surface area contributed by atoms with Crippen molar-refractivity contribution in [3.63, 3.8) is 0 Å². The Hall–Kier alpha value is -1.86. The molecule has 1 aromatic rings. The number of carbonyl (C=O) groups is 1. The fraction of sp³-hybridized carbons (Fsp3) is 0.385. The second kappa shape index (κ2) is 4.56. The van der Waals surface area contributed by atoms with Crippen molar-refractivity contribution in [2.75, 3.05) is 14.2 Å². The largest absolute Gasteiger partial charge is 0.275 e. The minimum Gasteiger partial charge on any atom is -0.275 e. The van der Waals surface area contributed by atoms with Gasteiger partial charge < -0.3 is 0 Å². The number of hydrogen-bond donors (Lipinski definition) is 0. The number of carbonyl (C=O) groups excluding carboxylic acids is 1. The lowest BCUT2D eigenvalue weighted by molar-refractivity contribution is -0.170. The summed E-state index contributed by atoms with van der Waals surface area (Å²) < 4.78 is 0. The van der Waals surface area contributed by atoms with Crippen LogP contribution in [0.3, 0.4) is 0 Å². The normalized spacial score (nSPS) is 21.7. The molecule has 17 heavy (non-hydrogen) atoms. The van der Waals surface area contributed by atoms with Gasteiger partial charge in [0.2, 0.25) is 5.91 Å². The van der Waals surface area contributed by atoms with E-state index in [2.05, 4.69) is 6.07 Å². The highest BCUT2D eigenvalue weighted by molar-refractivity contribution is 5.82. The monoisotopic (exact) mass is 230 g/mol. The van der Waals surface area contributed by atoms with Crippen LogP contribution in [-0.2, 0) is 9.63 Å². The molecule has 2 unspecified atom stereocenters. The molecule has 1 aromatic carbocycles. The first-order chi connectivity index (χ1) is 8.19. The van der Waals surface area contributed by atoms with E-state index in [1.807, 2.05) is 18.2 Å². The van der Waals surface area contributed by atoms with Crippen LogP contribution in [0.4, 0.5) is 0 Å². The van der Waals surface area contributed by atoms with Crippen molar-refractivity contribution < 1.29 is 9.63 Å². The van der Waals surface area contributed by atoms with Gasteiger partial charge >= 0.3 is 0 Å². The van der Waals surface area contributed by atoms with Crippen LogP contribution < -0.4 is 0 Å². The average Bonchev–Trinajstić information content (AvgIpc) is 3.17. The van der Waals surface area contributed by atoms with Crippen molar-refractivity contribution in [2.24, 2.45) is 5.92 Å². The highest BCUT2D eigenvalue weighted by atomic mass is 16.7. The third kappa shape index (κ3) is 2.15. The summed E-state index contributed by atoms with van der Waals surface area (Å²) in [5.74, 6) is 0.0932. The van der Waals surface area contributed by atoms with Gasteiger partial charge in [-0.25, -0.2) is 5.06 Å². The van der Waals surface area contributed by atoms with Gasteiger partial charge in [-0.1, -0.05) is 18.2 Å². The number of amides is 1. The Kier molecular flexibility index (Phi) is 3.12. The van der Waals surface area contributed by atoms with Crippen LogP contribution >= 0.6 is 0 Å². The topological polar surface area (TPSA) is 53.3 Å². The molecule has 0 aliphatic heterocycles. The van der Waals surface area contributed by atoms with Crippen molar-refractivity contribution in [2.45, 2.75) is 12.3 Å². The second-order valence-electron chi connectivity index (χ2n) is 4.17. The zero-order chi connectivity index (χ0) is 12.4. The van der Waals surface area contributed by atoms with Gasteiger partial charge in [-0.3, -0.25) is 9.63 Å². The molecule has 88 valence electrons. The molecule has 2 rings (SSSR count). The van der Waals surface area contributed by atoms with Crippen molar-refractivity contribution in [1.29, 1.82) is 5.26 Å². The summed E-state index contributed by atoms with van der Waals surface area (Å²) in [5, 5.41) is 10.3. The number of hydrogen-bond acceptors (Lipinski definition) is 3. The Labute approximate surface area is 100 Å². The summed E-state index contributed by atoms with van der Waals surface area (Å²) in [6, 6.07) is 9.61. The van der Waals surface area contributed by atoms with E-state index < -0.39 is 0 Å². The highest BCUT2D eigenvalue weighted by Gasteiger charge is 2.46. The molecule has 0 N–H and O–H groups in total. The Bertz CT molecular complexity index is 479. The summed E-state index contributed by atoms with van der Waals surface area (Å²) in [6.45, 7) is 0. The second-order valence-corrected chi connectivity index (χ2v) is 4.17. The number of nitriles is 1. The molecule has 0 saturated heterocycles. The Morgan fingerprint density at radius 2 is 2.24 bits per heavy atom. The van der Waals surface area contributed by atoms with Crippen LogP contribution in [0.5, 0.6) is 0 Å². The fourth-order valence-electron chi connectivity index (χ4n) is 2.06. The molecule has 1 saturated carbocycles. The van der Waals surface area contributed by atoms with Crippen molar-refractivity contribution >= 4 is 5.91 Å². The third-order valence-corrected chi connectivity index (χ3v) is 3.17. The first-order valence-corrected chi connectivity index (χ1v) is 5.49. The van der Waals surface area contributed by atoms with E-state index in [1.54, 1.807) is 13.1 Å². The van der Waals surface area contributed by atoms with Crippen LogP contribution in [0.25, 0.3) is 0 Å². The molecule has 0 radical (unpaired) electrons. The minimum atomic E-state index is -0.0468. The van der Waals surface area contributed by atoms with Crippen LogP contribution in [0.1, 0.15) is 23.5 Å². The van der Waals surface area contributed by atoms with E-state index in [-0.39, 0.29) is 17.7 Å². The predicted octanol–water partition coefficient (Wildman–Crippen LogP) is 1.68. The van der Waals surface area contributed by atoms with Gasteiger partial charge in [-0.2, -0.15) is 5.26 Å². The molecule has 1 aliphatic rings. The summed E-state index contributed by atoms with van der Waals surface area (Å²) in [4.78, 5) is 16.7. The Balaban J connectivity index is 2.13. The van der Waals surface area contributed by atoms with Gasteiger partial charge in [-0.05, 0) is 24.0 Å². The quantitative estimate of drug-likeness (QED) is 0.742. The molecular formula is C13H14N2O2. The van der Waals surface area contributed by atoms with Crippen LogP contribution in [-0.4, -0.2) is 25.1 Å². The highest BCUT2D eigenvalue weighted by Crippen LogP contribution is 2.49. The lowest BCUT2D eigenvalue weighted by Crippen LogP contribution is -2.27. The smallest absolute Gasteiger partial charge is 0.249 e. The Morgan fingerprint density at radius 3 is 2.88 bits per heavy atom. The summed E-state index contributed by atoms with van der Waals surface area (Å²) in [6.07, 6.45) is 0.797. The minimum absolute atomic E-state index is 0.0229. The number of hydroxylamine groups is 2. The summed E-state index contributed by atoms with van der Waals surface area (Å²) in [5.41, 5.74) is 1.63. The van der Waals surface area contributed by atoms with Crippen molar-refractivity contribution in [3.05, 3.63) is 35.4 Å². The maximum Gasteiger partial charge on any atom is 0.249 e. The number of nitrogens with zero attached hydrogens (tertiary/aromatic N) is 2. The van der Waals surface area contributed by atoms with E-state index in [0.29, 0.717) is 5.56 Å². The van der Waals surface area contributed by atoms with E-state index in [9.17, 15) is 4.79 Å². The summed E-state index contributed by atoms with van der Waals surface area (Å²) >= 11 is 0. The van der Waals surface area contributed by atoms with E-state index in [0.717, 1.165) is 12.0 Å². The van der Waals surface area contributed by atoms with Crippen molar-refractivity contribution in [3.8, 4) is 6.07 Å².